The van der Waals surface area contributed by atoms with Gasteiger partial charge in [-0.15, -0.1) is 0 Å². The van der Waals surface area contributed by atoms with E-state index in [1.165, 1.54) is 33.1 Å². The number of carbonyl (C=O) groups is 2. The molecule has 10 heteroatoms. The lowest BCUT2D eigenvalue weighted by molar-refractivity contribution is 0.0649. The maximum absolute atomic E-state index is 12.7. The van der Waals surface area contributed by atoms with Crippen LogP contribution in [0.1, 0.15) is 20.8 Å². The molecule has 0 aliphatic carbocycles. The van der Waals surface area contributed by atoms with E-state index in [0.29, 0.717) is 0 Å². The summed E-state index contributed by atoms with van der Waals surface area (Å²) in [5.41, 5.74) is -0.186. The first-order valence-electron chi connectivity index (χ1n) is 7.92. The van der Waals surface area contributed by atoms with Gasteiger partial charge in [-0.05, 0) is 12.1 Å². The van der Waals surface area contributed by atoms with Gasteiger partial charge >= 0.3 is 5.97 Å². The Morgan fingerprint density at radius 1 is 1.08 bits per heavy atom. The van der Waals surface area contributed by atoms with Gasteiger partial charge in [0.1, 0.15) is 11.3 Å². The number of rotatable bonds is 4. The minimum absolute atomic E-state index is 0.0168. The van der Waals surface area contributed by atoms with Crippen molar-refractivity contribution in [3.05, 3.63) is 47.8 Å². The minimum atomic E-state index is -3.61. The smallest absolute Gasteiger partial charge is 0.339 e. The third-order valence-corrected chi connectivity index (χ3v) is 6.19. The summed E-state index contributed by atoms with van der Waals surface area (Å²) in [4.78, 5) is 25.6. The molecule has 1 N–H and O–H groups in total. The Bertz CT molecular complexity index is 931. The standard InChI is InChI=1S/C16H18N4O5S/c1-18-14(13(11-17-18)16(22)23)15(21)19-7-9-20(10-8-19)26(24,25)12-5-3-2-4-6-12/h2-6,11H,7-10H2,1H3,(H,22,23). The summed E-state index contributed by atoms with van der Waals surface area (Å²) in [5, 5.41) is 13.0. The molecule has 1 aromatic heterocycles. The van der Waals surface area contributed by atoms with Crippen LogP contribution in [0.2, 0.25) is 0 Å². The number of amides is 1. The van der Waals surface area contributed by atoms with Crippen molar-refractivity contribution >= 4 is 21.9 Å². The van der Waals surface area contributed by atoms with Gasteiger partial charge in [0, 0.05) is 33.2 Å². The minimum Gasteiger partial charge on any atom is -0.478 e. The van der Waals surface area contributed by atoms with E-state index in [1.54, 1.807) is 18.2 Å². The van der Waals surface area contributed by atoms with Crippen molar-refractivity contribution in [2.45, 2.75) is 4.90 Å². The van der Waals surface area contributed by atoms with Crippen molar-refractivity contribution in [2.24, 2.45) is 7.05 Å². The van der Waals surface area contributed by atoms with Crippen LogP contribution in [0.15, 0.2) is 41.4 Å². The van der Waals surface area contributed by atoms with Crippen molar-refractivity contribution in [3.8, 4) is 0 Å². The van der Waals surface area contributed by atoms with E-state index in [-0.39, 0.29) is 42.3 Å². The first-order chi connectivity index (χ1) is 12.3. The first-order valence-corrected chi connectivity index (χ1v) is 9.36. The Morgan fingerprint density at radius 2 is 1.69 bits per heavy atom. The second-order valence-corrected chi connectivity index (χ2v) is 7.78. The Hall–Kier alpha value is -2.72. The predicted molar refractivity (Wildman–Crippen MR) is 91.3 cm³/mol. The van der Waals surface area contributed by atoms with Crippen molar-refractivity contribution in [3.63, 3.8) is 0 Å². The van der Waals surface area contributed by atoms with Crippen LogP contribution in [0.4, 0.5) is 0 Å². The molecule has 2 heterocycles. The molecule has 26 heavy (non-hydrogen) atoms. The highest BCUT2D eigenvalue weighted by Crippen LogP contribution is 2.19. The summed E-state index contributed by atoms with van der Waals surface area (Å²) in [6.07, 6.45) is 1.13. The van der Waals surface area contributed by atoms with Gasteiger partial charge in [0.15, 0.2) is 0 Å². The molecule has 0 radical (unpaired) electrons. The number of aryl methyl sites for hydroxylation is 1. The molecule has 1 saturated heterocycles. The van der Waals surface area contributed by atoms with Crippen molar-refractivity contribution in [1.29, 1.82) is 0 Å². The summed E-state index contributed by atoms with van der Waals surface area (Å²) < 4.78 is 27.8. The van der Waals surface area contributed by atoms with Crippen LogP contribution in [0.5, 0.6) is 0 Å². The van der Waals surface area contributed by atoms with Crippen LogP contribution in [-0.2, 0) is 17.1 Å². The quantitative estimate of drug-likeness (QED) is 0.817. The molecule has 1 aliphatic heterocycles. The van der Waals surface area contributed by atoms with E-state index in [2.05, 4.69) is 5.10 Å². The van der Waals surface area contributed by atoms with E-state index in [4.69, 9.17) is 0 Å². The molecule has 0 atom stereocenters. The zero-order valence-electron chi connectivity index (χ0n) is 14.1. The molecule has 1 aromatic carbocycles. The Morgan fingerprint density at radius 3 is 2.27 bits per heavy atom. The van der Waals surface area contributed by atoms with Crippen molar-refractivity contribution < 1.29 is 23.1 Å². The average molecular weight is 378 g/mol. The number of carboxylic acids is 1. The Labute approximate surface area is 150 Å². The number of aromatic carboxylic acids is 1. The molecule has 2 aromatic rings. The summed E-state index contributed by atoms with van der Waals surface area (Å²) in [7, 11) is -2.12. The number of aromatic nitrogens is 2. The van der Waals surface area contributed by atoms with Gasteiger partial charge in [0.25, 0.3) is 5.91 Å². The molecule has 9 nitrogen and oxygen atoms in total. The lowest BCUT2D eigenvalue weighted by atomic mass is 10.2. The number of sulfonamides is 1. The van der Waals surface area contributed by atoms with Gasteiger partial charge in [-0.2, -0.15) is 9.40 Å². The number of hydrogen-bond donors (Lipinski definition) is 1. The number of hydrogen-bond acceptors (Lipinski definition) is 5. The molecule has 0 bridgehead atoms. The zero-order chi connectivity index (χ0) is 18.9. The zero-order valence-corrected chi connectivity index (χ0v) is 14.9. The van der Waals surface area contributed by atoms with E-state index in [9.17, 15) is 23.1 Å². The topological polar surface area (TPSA) is 113 Å². The highest BCUT2D eigenvalue weighted by molar-refractivity contribution is 7.89. The molecule has 1 amide bonds. The number of benzene rings is 1. The number of nitrogens with zero attached hydrogens (tertiary/aromatic N) is 4. The third-order valence-electron chi connectivity index (χ3n) is 4.28. The maximum Gasteiger partial charge on any atom is 0.339 e. The summed E-state index contributed by atoms with van der Waals surface area (Å²) in [6.45, 7) is 0.636. The third kappa shape index (κ3) is 3.20. The largest absolute Gasteiger partial charge is 0.478 e. The lowest BCUT2D eigenvalue weighted by Crippen LogP contribution is -2.51. The molecule has 1 aliphatic rings. The molecule has 3 rings (SSSR count). The maximum atomic E-state index is 12.7. The summed E-state index contributed by atoms with van der Waals surface area (Å²) in [6, 6.07) is 8.11. The van der Waals surface area contributed by atoms with Gasteiger partial charge in [0.2, 0.25) is 10.0 Å². The van der Waals surface area contributed by atoms with E-state index in [1.807, 2.05) is 0 Å². The fraction of sp³-hybridized carbons (Fsp3) is 0.312. The highest BCUT2D eigenvalue weighted by atomic mass is 32.2. The number of carboxylic acid groups (broad SMARTS) is 1. The predicted octanol–water partition coefficient (Wildman–Crippen LogP) is 0.265. The lowest BCUT2D eigenvalue weighted by Gasteiger charge is -2.34. The number of piperazine rings is 1. The van der Waals surface area contributed by atoms with Gasteiger partial charge in [-0.1, -0.05) is 18.2 Å². The molecular formula is C16H18N4O5S. The second-order valence-electron chi connectivity index (χ2n) is 5.84. The van der Waals surface area contributed by atoms with Crippen LogP contribution in [-0.4, -0.2) is 70.6 Å². The van der Waals surface area contributed by atoms with E-state index < -0.39 is 21.9 Å². The Kier molecular flexibility index (Phi) is 4.79. The van der Waals surface area contributed by atoms with Crippen molar-refractivity contribution in [1.82, 2.24) is 19.0 Å². The van der Waals surface area contributed by atoms with Gasteiger partial charge in [-0.25, -0.2) is 13.2 Å². The van der Waals surface area contributed by atoms with Crippen LogP contribution in [0.25, 0.3) is 0 Å². The molecule has 1 fully saturated rings. The first kappa shape index (κ1) is 18.1. The van der Waals surface area contributed by atoms with E-state index in [0.717, 1.165) is 6.20 Å². The second kappa shape index (κ2) is 6.89. The summed E-state index contributed by atoms with van der Waals surface area (Å²) in [5.74, 6) is -1.70. The van der Waals surface area contributed by atoms with Gasteiger partial charge < -0.3 is 10.0 Å². The monoisotopic (exact) mass is 378 g/mol. The Balaban J connectivity index is 1.74. The summed E-state index contributed by atoms with van der Waals surface area (Å²) >= 11 is 0. The van der Waals surface area contributed by atoms with Gasteiger partial charge in [-0.3, -0.25) is 9.48 Å². The van der Waals surface area contributed by atoms with Crippen LogP contribution < -0.4 is 0 Å². The SMILES string of the molecule is Cn1ncc(C(=O)O)c1C(=O)N1CCN(S(=O)(=O)c2ccccc2)CC1. The number of carbonyl (C=O) groups excluding carboxylic acids is 1. The van der Waals surface area contributed by atoms with Crippen LogP contribution in [0.3, 0.4) is 0 Å². The molecule has 138 valence electrons. The molecule has 0 unspecified atom stereocenters. The fourth-order valence-electron chi connectivity index (χ4n) is 2.87. The van der Waals surface area contributed by atoms with Crippen LogP contribution >= 0.6 is 0 Å². The normalized spacial score (nSPS) is 15.8. The molecule has 0 spiro atoms. The molecule has 0 saturated carbocycles. The fourth-order valence-corrected chi connectivity index (χ4v) is 4.31. The van der Waals surface area contributed by atoms with E-state index >= 15 is 0 Å². The van der Waals surface area contributed by atoms with Gasteiger partial charge in [0.05, 0.1) is 11.1 Å². The molecular weight excluding hydrogens is 360 g/mol. The van der Waals surface area contributed by atoms with Crippen molar-refractivity contribution in [2.75, 3.05) is 26.2 Å². The average Bonchev–Trinajstić information content (AvgIpc) is 3.04. The highest BCUT2D eigenvalue weighted by Gasteiger charge is 2.32. The van der Waals surface area contributed by atoms with Crippen LogP contribution in [0, 0.1) is 0 Å².